The average Bonchev–Trinajstić information content (AvgIpc) is 3.08. The summed E-state index contributed by atoms with van der Waals surface area (Å²) in [5.74, 6) is -1.48. The number of aliphatic carboxylic acids is 1. The van der Waals surface area contributed by atoms with Crippen molar-refractivity contribution < 1.29 is 38.2 Å². The molecule has 0 spiro atoms. The zero-order chi connectivity index (χ0) is 37.8. The Morgan fingerprint density at radius 2 is 1.08 bits per heavy atom. The molecule has 0 aliphatic carbocycles. The van der Waals surface area contributed by atoms with Crippen molar-refractivity contribution in [3.63, 3.8) is 0 Å². The van der Waals surface area contributed by atoms with Crippen LogP contribution in [0, 0.1) is 0 Å². The number of hydrogen-bond acceptors (Lipinski definition) is 6. The van der Waals surface area contributed by atoms with E-state index in [4.69, 9.17) is 14.2 Å². The molecular weight excluding hydrogens is 642 g/mol. The summed E-state index contributed by atoms with van der Waals surface area (Å²) >= 11 is 0. The Hall–Kier alpha value is -2.19. The molecule has 0 aromatic heterocycles. The van der Waals surface area contributed by atoms with E-state index >= 15 is 0 Å². The fraction of sp³-hybridized carbons (Fsp3) is 0.837. The summed E-state index contributed by atoms with van der Waals surface area (Å²) in [5.41, 5.74) is 0. The minimum absolute atomic E-state index is 0.0528. The Morgan fingerprint density at radius 1 is 0.588 bits per heavy atom. The first-order valence-electron chi connectivity index (χ1n) is 20.9. The highest BCUT2D eigenvalue weighted by atomic mass is 16.6. The van der Waals surface area contributed by atoms with Crippen LogP contribution in [0.2, 0.25) is 0 Å². The molecule has 51 heavy (non-hydrogen) atoms. The van der Waals surface area contributed by atoms with Crippen LogP contribution in [0.5, 0.6) is 0 Å². The number of carboxylic acids is 1. The zero-order valence-corrected chi connectivity index (χ0v) is 33.8. The molecule has 0 fully saturated rings. The number of carbonyl (C=O) groups excluding carboxylic acids is 2. The van der Waals surface area contributed by atoms with Gasteiger partial charge in [0.25, 0.3) is 0 Å². The summed E-state index contributed by atoms with van der Waals surface area (Å²) in [5, 5.41) is 9.60. The van der Waals surface area contributed by atoms with Gasteiger partial charge in [-0.3, -0.25) is 9.59 Å². The monoisotopic (exact) mass is 723 g/mol. The number of rotatable bonds is 37. The van der Waals surface area contributed by atoms with Crippen molar-refractivity contribution in [3.05, 3.63) is 24.3 Å². The standard InChI is InChI=1S/C43H79NO7/c1-6-8-10-12-14-16-18-20-22-23-25-27-29-31-33-41(45)50-38-39(37-49-36-35-40(43(47)48)44(3,4)5)51-42(46)34-32-30-28-26-24-21-19-17-15-13-11-9-7-2/h11,13,17,19,39-40H,6-10,12,14-16,18,20-38H2,1-5H3/p+1/b13-11-,19-17-. The van der Waals surface area contributed by atoms with Gasteiger partial charge in [0.1, 0.15) is 6.61 Å². The van der Waals surface area contributed by atoms with Gasteiger partial charge in [-0.25, -0.2) is 4.79 Å². The smallest absolute Gasteiger partial charge is 0.362 e. The molecule has 0 saturated carbocycles. The molecule has 0 amide bonds. The largest absolute Gasteiger partial charge is 0.477 e. The number of quaternary nitrogens is 1. The first kappa shape index (κ1) is 48.8. The molecule has 8 nitrogen and oxygen atoms in total. The quantitative estimate of drug-likeness (QED) is 0.0295. The Morgan fingerprint density at radius 3 is 1.59 bits per heavy atom. The Labute approximate surface area is 313 Å². The Bertz CT molecular complexity index is 895. The van der Waals surface area contributed by atoms with Crippen LogP contribution >= 0.6 is 0 Å². The summed E-state index contributed by atoms with van der Waals surface area (Å²) in [4.78, 5) is 36.9. The Kier molecular flexibility index (Phi) is 33.4. The average molecular weight is 723 g/mol. The van der Waals surface area contributed by atoms with E-state index in [1.807, 2.05) is 21.1 Å². The van der Waals surface area contributed by atoms with E-state index < -0.39 is 18.1 Å². The second-order valence-corrected chi connectivity index (χ2v) is 15.2. The van der Waals surface area contributed by atoms with Crippen LogP contribution < -0.4 is 0 Å². The summed E-state index contributed by atoms with van der Waals surface area (Å²) in [7, 11) is 5.52. The van der Waals surface area contributed by atoms with Gasteiger partial charge in [0, 0.05) is 19.3 Å². The van der Waals surface area contributed by atoms with E-state index in [-0.39, 0.29) is 36.2 Å². The topological polar surface area (TPSA) is 99.1 Å². The maximum Gasteiger partial charge on any atom is 0.362 e. The number of hydrogen-bond donors (Lipinski definition) is 1. The van der Waals surface area contributed by atoms with E-state index in [0.29, 0.717) is 19.3 Å². The predicted octanol–water partition coefficient (Wildman–Crippen LogP) is 10.9. The van der Waals surface area contributed by atoms with Crippen LogP contribution in [-0.4, -0.2) is 80.6 Å². The van der Waals surface area contributed by atoms with Gasteiger partial charge in [-0.1, -0.05) is 147 Å². The minimum atomic E-state index is -0.877. The molecule has 0 aliphatic heterocycles. The van der Waals surface area contributed by atoms with Crippen molar-refractivity contribution >= 4 is 17.9 Å². The second kappa shape index (κ2) is 34.9. The van der Waals surface area contributed by atoms with Crippen molar-refractivity contribution in [1.29, 1.82) is 0 Å². The third-order valence-corrected chi connectivity index (χ3v) is 9.33. The fourth-order valence-corrected chi connectivity index (χ4v) is 6.07. The highest BCUT2D eigenvalue weighted by molar-refractivity contribution is 5.72. The molecule has 0 rings (SSSR count). The number of unbranched alkanes of at least 4 members (excludes halogenated alkanes) is 19. The highest BCUT2D eigenvalue weighted by Gasteiger charge is 2.31. The molecule has 0 radical (unpaired) electrons. The maximum atomic E-state index is 12.7. The minimum Gasteiger partial charge on any atom is -0.477 e. The van der Waals surface area contributed by atoms with Crippen molar-refractivity contribution in [2.24, 2.45) is 0 Å². The molecule has 0 heterocycles. The van der Waals surface area contributed by atoms with Crippen LogP contribution in [0.3, 0.4) is 0 Å². The van der Waals surface area contributed by atoms with Crippen molar-refractivity contribution in [2.45, 2.75) is 193 Å². The van der Waals surface area contributed by atoms with Gasteiger partial charge in [0.2, 0.25) is 0 Å². The molecule has 298 valence electrons. The molecule has 0 bridgehead atoms. The number of carboxylic acid groups (broad SMARTS) is 1. The molecular formula is C43H80NO7+. The van der Waals surface area contributed by atoms with Gasteiger partial charge in [0.05, 0.1) is 34.4 Å². The molecule has 8 heteroatoms. The van der Waals surface area contributed by atoms with Gasteiger partial charge in [0.15, 0.2) is 12.1 Å². The number of carbonyl (C=O) groups is 3. The zero-order valence-electron chi connectivity index (χ0n) is 33.8. The third-order valence-electron chi connectivity index (χ3n) is 9.33. The SMILES string of the molecule is CCC/C=C\C/C=C\CCCCCCCC(=O)OC(COCCC(C(=O)O)[N+](C)(C)C)COC(=O)CCCCCCCCCCCCCCCC. The second-order valence-electron chi connectivity index (χ2n) is 15.2. The first-order chi connectivity index (χ1) is 24.6. The molecule has 0 aromatic rings. The summed E-state index contributed by atoms with van der Waals surface area (Å²) in [6.07, 6.45) is 36.4. The van der Waals surface area contributed by atoms with Crippen molar-refractivity contribution in [2.75, 3.05) is 41.0 Å². The van der Waals surface area contributed by atoms with Gasteiger partial charge in [-0.05, 0) is 38.5 Å². The maximum absolute atomic E-state index is 12.7. The van der Waals surface area contributed by atoms with E-state index in [1.165, 1.54) is 77.0 Å². The van der Waals surface area contributed by atoms with Crippen molar-refractivity contribution in [1.82, 2.24) is 0 Å². The summed E-state index contributed by atoms with van der Waals surface area (Å²) < 4.78 is 17.2. The van der Waals surface area contributed by atoms with Crippen LogP contribution in [-0.2, 0) is 28.6 Å². The Balaban J connectivity index is 4.38. The molecule has 0 aromatic carbocycles. The lowest BCUT2D eigenvalue weighted by molar-refractivity contribution is -0.887. The van der Waals surface area contributed by atoms with Crippen LogP contribution in [0.15, 0.2) is 24.3 Å². The molecule has 1 N–H and O–H groups in total. The van der Waals surface area contributed by atoms with E-state index in [9.17, 15) is 19.5 Å². The lowest BCUT2D eigenvalue weighted by atomic mass is 10.0. The third kappa shape index (κ3) is 33.4. The number of likely N-dealkylation sites (N-methyl/N-ethyl adjacent to an activating group) is 1. The van der Waals surface area contributed by atoms with Gasteiger partial charge in [-0.2, -0.15) is 0 Å². The summed E-state index contributed by atoms with van der Waals surface area (Å²) in [6.45, 7) is 4.66. The normalized spacial score (nSPS) is 13.2. The summed E-state index contributed by atoms with van der Waals surface area (Å²) in [6, 6.07) is -0.613. The number of allylic oxidation sites excluding steroid dienone is 4. The van der Waals surface area contributed by atoms with Crippen LogP contribution in [0.4, 0.5) is 0 Å². The van der Waals surface area contributed by atoms with E-state index in [0.717, 1.165) is 70.6 Å². The first-order valence-corrected chi connectivity index (χ1v) is 20.9. The predicted molar refractivity (Wildman–Crippen MR) is 211 cm³/mol. The highest BCUT2D eigenvalue weighted by Crippen LogP contribution is 2.15. The van der Waals surface area contributed by atoms with Gasteiger partial charge in [-0.15, -0.1) is 0 Å². The molecule has 2 atom stereocenters. The van der Waals surface area contributed by atoms with Gasteiger partial charge >= 0.3 is 17.9 Å². The lowest BCUT2D eigenvalue weighted by Crippen LogP contribution is -2.50. The molecule has 0 saturated heterocycles. The van der Waals surface area contributed by atoms with E-state index in [2.05, 4.69) is 38.2 Å². The molecule has 0 aliphatic rings. The molecule has 2 unspecified atom stereocenters. The van der Waals surface area contributed by atoms with Crippen molar-refractivity contribution in [3.8, 4) is 0 Å². The van der Waals surface area contributed by atoms with Gasteiger partial charge < -0.3 is 23.8 Å². The number of esters is 2. The van der Waals surface area contributed by atoms with Crippen LogP contribution in [0.25, 0.3) is 0 Å². The number of ether oxygens (including phenoxy) is 3. The number of nitrogens with zero attached hydrogens (tertiary/aromatic N) is 1. The van der Waals surface area contributed by atoms with Crippen LogP contribution in [0.1, 0.15) is 181 Å². The van der Waals surface area contributed by atoms with E-state index in [1.54, 1.807) is 0 Å². The lowest BCUT2D eigenvalue weighted by Gasteiger charge is -2.31. The fourth-order valence-electron chi connectivity index (χ4n) is 6.07.